The highest BCUT2D eigenvalue weighted by atomic mass is 35.5. The molecule has 0 unspecified atom stereocenters. The van der Waals surface area contributed by atoms with Crippen molar-refractivity contribution in [2.75, 3.05) is 18.0 Å². The van der Waals surface area contributed by atoms with Crippen LogP contribution in [0.15, 0.2) is 60.7 Å². The second-order valence-electron chi connectivity index (χ2n) is 9.21. The fraction of sp³-hybridized carbons (Fsp3) is 0.345. The summed E-state index contributed by atoms with van der Waals surface area (Å²) in [7, 11) is 0. The van der Waals surface area contributed by atoms with Gasteiger partial charge in [0, 0.05) is 42.0 Å². The average molecular weight is 506 g/mol. The van der Waals surface area contributed by atoms with Crippen LogP contribution in [0.25, 0.3) is 10.8 Å². The Morgan fingerprint density at radius 3 is 2.47 bits per heavy atom. The molecule has 36 heavy (non-hydrogen) atoms. The Morgan fingerprint density at radius 2 is 1.75 bits per heavy atom. The molecule has 3 aromatic carbocycles. The zero-order chi connectivity index (χ0) is 25.7. The molecule has 1 aliphatic heterocycles. The van der Waals surface area contributed by atoms with E-state index in [0.29, 0.717) is 36.6 Å². The molecule has 0 saturated heterocycles. The molecule has 0 fully saturated rings. The molecule has 1 aliphatic rings. The van der Waals surface area contributed by atoms with Gasteiger partial charge in [0.2, 0.25) is 11.8 Å². The first-order valence-corrected chi connectivity index (χ1v) is 12.9. The largest absolute Gasteiger partial charge is 0.354 e. The molecule has 0 aromatic heterocycles. The molecule has 6 nitrogen and oxygen atoms in total. The van der Waals surface area contributed by atoms with Crippen LogP contribution in [0, 0.1) is 0 Å². The zero-order valence-electron chi connectivity index (χ0n) is 20.8. The molecule has 0 radical (unpaired) electrons. The molecular formula is C29H32ClN3O3. The Morgan fingerprint density at radius 1 is 1.03 bits per heavy atom. The summed E-state index contributed by atoms with van der Waals surface area (Å²) in [5, 5.41) is 5.56. The van der Waals surface area contributed by atoms with Gasteiger partial charge in [0.1, 0.15) is 6.04 Å². The van der Waals surface area contributed by atoms with Crippen molar-refractivity contribution in [3.63, 3.8) is 0 Å². The second kappa shape index (κ2) is 11.6. The molecular weight excluding hydrogens is 474 g/mol. The van der Waals surface area contributed by atoms with E-state index in [-0.39, 0.29) is 24.1 Å². The van der Waals surface area contributed by atoms with Crippen LogP contribution in [0.3, 0.4) is 0 Å². The third kappa shape index (κ3) is 5.54. The van der Waals surface area contributed by atoms with E-state index in [0.717, 1.165) is 34.9 Å². The van der Waals surface area contributed by atoms with E-state index < -0.39 is 6.04 Å². The summed E-state index contributed by atoms with van der Waals surface area (Å²) in [4.78, 5) is 42.6. The third-order valence-corrected chi connectivity index (χ3v) is 6.94. The first-order chi connectivity index (χ1) is 17.4. The maximum Gasteiger partial charge on any atom is 0.258 e. The minimum Gasteiger partial charge on any atom is -0.354 e. The second-order valence-corrected chi connectivity index (χ2v) is 9.65. The van der Waals surface area contributed by atoms with E-state index in [9.17, 15) is 14.4 Å². The van der Waals surface area contributed by atoms with Gasteiger partial charge in [-0.25, -0.2) is 0 Å². The standard InChI is InChI=1S/C29H32ClN3O3/c1-3-4-17-31-28(35)20(2)33(19-21-13-15-23(30)16-14-21)26(34)12-7-18-32-25-11-6-9-22-8-5-10-24(27(22)25)29(32)36/h5-6,8-11,13-16,20H,3-4,7,12,17-19H2,1-2H3,(H,31,35)/t20-/m0/s1. The van der Waals surface area contributed by atoms with E-state index in [1.165, 1.54) is 0 Å². The maximum absolute atomic E-state index is 13.4. The van der Waals surface area contributed by atoms with Crippen LogP contribution in [0.2, 0.25) is 5.02 Å². The Bertz CT molecular complexity index is 1250. The Balaban J connectivity index is 1.44. The summed E-state index contributed by atoms with van der Waals surface area (Å²) in [5.74, 6) is -0.316. The Hall–Kier alpha value is -3.38. The van der Waals surface area contributed by atoms with Crippen molar-refractivity contribution in [1.82, 2.24) is 10.2 Å². The smallest absolute Gasteiger partial charge is 0.258 e. The number of nitrogens with one attached hydrogen (secondary N) is 1. The van der Waals surface area contributed by atoms with Crippen LogP contribution in [0.1, 0.15) is 55.5 Å². The van der Waals surface area contributed by atoms with Crippen molar-refractivity contribution in [2.24, 2.45) is 0 Å². The van der Waals surface area contributed by atoms with Gasteiger partial charge in [-0.15, -0.1) is 0 Å². The number of carbonyl (C=O) groups is 3. The van der Waals surface area contributed by atoms with Crippen LogP contribution in [0.4, 0.5) is 5.69 Å². The van der Waals surface area contributed by atoms with Crippen LogP contribution in [-0.2, 0) is 16.1 Å². The van der Waals surface area contributed by atoms with Gasteiger partial charge in [-0.2, -0.15) is 0 Å². The highest BCUT2D eigenvalue weighted by molar-refractivity contribution is 6.30. The third-order valence-electron chi connectivity index (χ3n) is 6.68. The Labute approximate surface area is 217 Å². The minimum absolute atomic E-state index is 0.0315. The van der Waals surface area contributed by atoms with Crippen molar-refractivity contribution >= 4 is 45.8 Å². The predicted molar refractivity (Wildman–Crippen MR) is 144 cm³/mol. The molecule has 0 aliphatic carbocycles. The highest BCUT2D eigenvalue weighted by Gasteiger charge is 2.30. The molecule has 3 aromatic rings. The zero-order valence-corrected chi connectivity index (χ0v) is 21.6. The lowest BCUT2D eigenvalue weighted by molar-refractivity contribution is -0.140. The number of hydrogen-bond acceptors (Lipinski definition) is 3. The number of unbranched alkanes of at least 4 members (excludes halogenated alkanes) is 1. The quantitative estimate of drug-likeness (QED) is 0.346. The topological polar surface area (TPSA) is 69.7 Å². The van der Waals surface area contributed by atoms with Crippen molar-refractivity contribution in [1.29, 1.82) is 0 Å². The Kier molecular flexibility index (Phi) is 8.26. The first-order valence-electron chi connectivity index (χ1n) is 12.6. The number of benzene rings is 3. The highest BCUT2D eigenvalue weighted by Crippen LogP contribution is 2.37. The van der Waals surface area contributed by atoms with E-state index in [1.807, 2.05) is 48.5 Å². The molecule has 188 valence electrons. The number of halogens is 1. The molecule has 7 heteroatoms. The predicted octanol–water partition coefficient (Wildman–Crippen LogP) is 5.57. The SMILES string of the molecule is CCCCNC(=O)[C@H](C)N(Cc1ccc(Cl)cc1)C(=O)CCCN1C(=O)c2cccc3cccc1c23. The van der Waals surface area contributed by atoms with Gasteiger partial charge in [0.25, 0.3) is 5.91 Å². The average Bonchev–Trinajstić information content (AvgIpc) is 3.16. The monoisotopic (exact) mass is 505 g/mol. The summed E-state index contributed by atoms with van der Waals surface area (Å²) in [5.41, 5.74) is 2.50. The summed E-state index contributed by atoms with van der Waals surface area (Å²) >= 11 is 6.02. The van der Waals surface area contributed by atoms with Crippen LogP contribution in [0.5, 0.6) is 0 Å². The molecule has 0 bridgehead atoms. The lowest BCUT2D eigenvalue weighted by atomic mass is 10.1. The number of carbonyl (C=O) groups excluding carboxylic acids is 3. The number of anilines is 1. The molecule has 1 N–H and O–H groups in total. The number of amides is 3. The molecule has 3 amide bonds. The van der Waals surface area contributed by atoms with Gasteiger partial charge >= 0.3 is 0 Å². The van der Waals surface area contributed by atoms with Crippen LogP contribution in [-0.4, -0.2) is 41.8 Å². The van der Waals surface area contributed by atoms with Crippen molar-refractivity contribution in [3.8, 4) is 0 Å². The lowest BCUT2D eigenvalue weighted by Crippen LogP contribution is -2.47. The van der Waals surface area contributed by atoms with E-state index in [2.05, 4.69) is 12.2 Å². The molecule has 4 rings (SSSR count). The molecule has 1 heterocycles. The normalized spacial score (nSPS) is 13.2. The van der Waals surface area contributed by atoms with Crippen molar-refractivity contribution < 1.29 is 14.4 Å². The lowest BCUT2D eigenvalue weighted by Gasteiger charge is -2.29. The summed E-state index contributed by atoms with van der Waals surface area (Å²) in [6.07, 6.45) is 2.60. The van der Waals surface area contributed by atoms with Gasteiger partial charge in [-0.3, -0.25) is 14.4 Å². The first kappa shape index (κ1) is 25.7. The van der Waals surface area contributed by atoms with Gasteiger partial charge in [-0.05, 0) is 55.0 Å². The van der Waals surface area contributed by atoms with Crippen molar-refractivity contribution in [3.05, 3.63) is 76.8 Å². The van der Waals surface area contributed by atoms with Crippen molar-refractivity contribution in [2.45, 2.75) is 52.1 Å². The number of rotatable bonds is 11. The number of hydrogen-bond donors (Lipinski definition) is 1. The molecule has 0 spiro atoms. The molecule has 1 atom stereocenters. The minimum atomic E-state index is -0.614. The van der Waals surface area contributed by atoms with E-state index in [4.69, 9.17) is 11.6 Å². The van der Waals surface area contributed by atoms with Gasteiger partial charge in [-0.1, -0.05) is 61.3 Å². The van der Waals surface area contributed by atoms with Gasteiger partial charge < -0.3 is 15.1 Å². The number of nitrogens with zero attached hydrogens (tertiary/aromatic N) is 2. The maximum atomic E-state index is 13.4. The van der Waals surface area contributed by atoms with Crippen LogP contribution >= 0.6 is 11.6 Å². The van der Waals surface area contributed by atoms with Gasteiger partial charge in [0.05, 0.1) is 5.69 Å². The van der Waals surface area contributed by atoms with E-state index >= 15 is 0 Å². The fourth-order valence-corrected chi connectivity index (χ4v) is 4.76. The fourth-order valence-electron chi connectivity index (χ4n) is 4.64. The van der Waals surface area contributed by atoms with Gasteiger partial charge in [0.15, 0.2) is 0 Å². The van der Waals surface area contributed by atoms with E-state index in [1.54, 1.807) is 28.9 Å². The summed E-state index contributed by atoms with van der Waals surface area (Å²) < 4.78 is 0. The summed E-state index contributed by atoms with van der Waals surface area (Å²) in [6, 6.07) is 18.3. The summed E-state index contributed by atoms with van der Waals surface area (Å²) in [6.45, 7) is 5.16. The molecule has 0 saturated carbocycles. The van der Waals surface area contributed by atoms with Crippen LogP contribution < -0.4 is 10.2 Å².